The predicted molar refractivity (Wildman–Crippen MR) is 140 cm³/mol. The van der Waals surface area contributed by atoms with Gasteiger partial charge in [0.2, 0.25) is 5.91 Å². The molecule has 0 unspecified atom stereocenters. The molecular weight excluding hydrogens is 476 g/mol. The molecule has 0 aliphatic carbocycles. The van der Waals surface area contributed by atoms with Gasteiger partial charge in [0.15, 0.2) is 5.16 Å². The average Bonchev–Trinajstić information content (AvgIpc) is 3.52. The second kappa shape index (κ2) is 11.6. The largest absolute Gasteiger partial charge is 0.341 e. The molecule has 0 bridgehead atoms. The smallest absolute Gasteiger partial charge is 0.233 e. The van der Waals surface area contributed by atoms with E-state index in [0.29, 0.717) is 10.9 Å². The number of hydrogen-bond donors (Lipinski definition) is 0. The van der Waals surface area contributed by atoms with Crippen molar-refractivity contribution in [3.05, 3.63) is 83.9 Å². The van der Waals surface area contributed by atoms with Gasteiger partial charge in [-0.3, -0.25) is 9.69 Å². The van der Waals surface area contributed by atoms with Crippen molar-refractivity contribution >= 4 is 29.0 Å². The van der Waals surface area contributed by atoms with Gasteiger partial charge >= 0.3 is 0 Å². The molecule has 0 N–H and O–H groups in total. The molecule has 1 fully saturated rings. The first-order chi connectivity index (χ1) is 17.2. The zero-order valence-corrected chi connectivity index (χ0v) is 21.1. The van der Waals surface area contributed by atoms with E-state index in [2.05, 4.69) is 48.7 Å². The number of rotatable bonds is 8. The summed E-state index contributed by atoms with van der Waals surface area (Å²) in [6, 6.07) is 16.4. The van der Waals surface area contributed by atoms with Gasteiger partial charge in [0, 0.05) is 51.3 Å². The van der Waals surface area contributed by atoms with Crippen LogP contribution in [0.5, 0.6) is 0 Å². The minimum absolute atomic E-state index is 0.146. The van der Waals surface area contributed by atoms with Crippen molar-refractivity contribution in [2.24, 2.45) is 0 Å². The van der Waals surface area contributed by atoms with Crippen LogP contribution >= 0.6 is 23.1 Å². The third-order valence-electron chi connectivity index (χ3n) is 6.04. The highest BCUT2D eigenvalue weighted by molar-refractivity contribution is 7.99. The summed E-state index contributed by atoms with van der Waals surface area (Å²) in [4.78, 5) is 32.0. The maximum Gasteiger partial charge on any atom is 0.233 e. The van der Waals surface area contributed by atoms with E-state index in [9.17, 15) is 4.79 Å². The van der Waals surface area contributed by atoms with E-state index >= 15 is 0 Å². The zero-order chi connectivity index (χ0) is 23.9. The molecule has 1 aliphatic heterocycles. The molecular formula is C26H28N6OS2. The standard InChI is InChI=1S/C26H28N6OS2/c33-25(20-35-26-28-10-9-22(29-26)23-8-4-17-34-23)31-13-5-12-30(15-16-31)19-24-27-11-14-32(24)18-21-6-2-1-3-7-21/h1-4,6-11,14,17H,5,12-13,15-16,18-20H2. The predicted octanol–water partition coefficient (Wildman–Crippen LogP) is 4.28. The van der Waals surface area contributed by atoms with Crippen LogP contribution in [0, 0.1) is 0 Å². The molecule has 4 heterocycles. The van der Waals surface area contributed by atoms with Crippen LogP contribution in [0.4, 0.5) is 0 Å². The number of thiophene rings is 1. The van der Waals surface area contributed by atoms with Gasteiger partial charge in [0.05, 0.1) is 22.9 Å². The van der Waals surface area contributed by atoms with Gasteiger partial charge in [-0.05, 0) is 29.5 Å². The van der Waals surface area contributed by atoms with E-state index < -0.39 is 0 Å². The molecule has 5 rings (SSSR count). The van der Waals surface area contributed by atoms with Crippen LogP contribution in [0.1, 0.15) is 17.8 Å². The molecule has 7 nitrogen and oxygen atoms in total. The van der Waals surface area contributed by atoms with E-state index in [4.69, 9.17) is 0 Å². The minimum atomic E-state index is 0.146. The normalized spacial score (nSPS) is 14.7. The molecule has 3 aromatic heterocycles. The fourth-order valence-electron chi connectivity index (χ4n) is 4.18. The van der Waals surface area contributed by atoms with E-state index in [-0.39, 0.29) is 5.91 Å². The third-order valence-corrected chi connectivity index (χ3v) is 7.77. The molecule has 35 heavy (non-hydrogen) atoms. The van der Waals surface area contributed by atoms with Gasteiger partial charge in [0.25, 0.3) is 0 Å². The summed E-state index contributed by atoms with van der Waals surface area (Å²) in [5.41, 5.74) is 2.17. The number of hydrogen-bond acceptors (Lipinski definition) is 7. The number of carbonyl (C=O) groups excluding carboxylic acids is 1. The second-order valence-electron chi connectivity index (χ2n) is 8.46. The summed E-state index contributed by atoms with van der Waals surface area (Å²) < 4.78 is 2.21. The van der Waals surface area contributed by atoms with E-state index in [0.717, 1.165) is 62.1 Å². The quantitative estimate of drug-likeness (QED) is 0.264. The van der Waals surface area contributed by atoms with Gasteiger partial charge in [-0.2, -0.15) is 0 Å². The van der Waals surface area contributed by atoms with Crippen molar-refractivity contribution < 1.29 is 4.79 Å². The van der Waals surface area contributed by atoms with Gasteiger partial charge in [-0.25, -0.2) is 15.0 Å². The van der Waals surface area contributed by atoms with E-state index in [1.807, 2.05) is 46.9 Å². The van der Waals surface area contributed by atoms with Crippen LogP contribution < -0.4 is 0 Å². The Morgan fingerprint density at radius 3 is 2.71 bits per heavy atom. The van der Waals surface area contributed by atoms with Crippen molar-refractivity contribution in [3.8, 4) is 10.6 Å². The first-order valence-corrected chi connectivity index (χ1v) is 13.6. The highest BCUT2D eigenvalue weighted by atomic mass is 32.2. The van der Waals surface area contributed by atoms with Crippen LogP contribution in [-0.2, 0) is 17.9 Å². The molecule has 1 aliphatic rings. The molecule has 0 radical (unpaired) electrons. The summed E-state index contributed by atoms with van der Waals surface area (Å²) >= 11 is 3.06. The Kier molecular flexibility index (Phi) is 7.87. The topological polar surface area (TPSA) is 67.2 Å². The molecule has 4 aromatic rings. The van der Waals surface area contributed by atoms with Crippen molar-refractivity contribution in [1.82, 2.24) is 29.3 Å². The summed E-state index contributed by atoms with van der Waals surface area (Å²) in [7, 11) is 0. The van der Waals surface area contributed by atoms with Crippen molar-refractivity contribution in [2.75, 3.05) is 31.9 Å². The Labute approximate surface area is 213 Å². The van der Waals surface area contributed by atoms with Gasteiger partial charge < -0.3 is 9.47 Å². The lowest BCUT2D eigenvalue weighted by Crippen LogP contribution is -2.36. The summed E-state index contributed by atoms with van der Waals surface area (Å²) in [5, 5.41) is 2.68. The highest BCUT2D eigenvalue weighted by Crippen LogP contribution is 2.24. The first kappa shape index (κ1) is 23.7. The second-order valence-corrected chi connectivity index (χ2v) is 10.3. The van der Waals surface area contributed by atoms with Crippen LogP contribution in [-0.4, -0.2) is 67.2 Å². The SMILES string of the molecule is O=C(CSc1nccc(-c2cccs2)n1)N1CCCN(Cc2nccn2Cc2ccccc2)CC1. The molecule has 180 valence electrons. The fourth-order valence-corrected chi connectivity index (χ4v) is 5.61. The Morgan fingerprint density at radius 1 is 0.943 bits per heavy atom. The molecule has 0 atom stereocenters. The Balaban J connectivity index is 1.12. The fraction of sp³-hybridized carbons (Fsp3) is 0.308. The van der Waals surface area contributed by atoms with Crippen molar-refractivity contribution in [1.29, 1.82) is 0 Å². The molecule has 1 amide bonds. The Hall–Kier alpha value is -3.01. The number of thioether (sulfide) groups is 1. The number of carbonyl (C=O) groups is 1. The maximum absolute atomic E-state index is 12.9. The van der Waals surface area contributed by atoms with Gasteiger partial charge in [-0.1, -0.05) is 48.2 Å². The van der Waals surface area contributed by atoms with Gasteiger partial charge in [0.1, 0.15) is 5.82 Å². The van der Waals surface area contributed by atoms with Crippen molar-refractivity contribution in [2.45, 2.75) is 24.7 Å². The van der Waals surface area contributed by atoms with Crippen LogP contribution in [0.15, 0.2) is 77.7 Å². The minimum Gasteiger partial charge on any atom is -0.341 e. The summed E-state index contributed by atoms with van der Waals surface area (Å²) in [6.45, 7) is 4.93. The van der Waals surface area contributed by atoms with E-state index in [1.165, 1.54) is 17.3 Å². The maximum atomic E-state index is 12.9. The number of nitrogens with zero attached hydrogens (tertiary/aromatic N) is 6. The molecule has 0 spiro atoms. The molecule has 0 saturated carbocycles. The molecule has 9 heteroatoms. The number of imidazole rings is 1. The first-order valence-electron chi connectivity index (χ1n) is 11.8. The van der Waals surface area contributed by atoms with Crippen LogP contribution in [0.3, 0.4) is 0 Å². The monoisotopic (exact) mass is 504 g/mol. The molecule has 1 saturated heterocycles. The Morgan fingerprint density at radius 2 is 1.86 bits per heavy atom. The lowest BCUT2D eigenvalue weighted by molar-refractivity contribution is -0.128. The number of aromatic nitrogens is 4. The average molecular weight is 505 g/mol. The van der Waals surface area contributed by atoms with Gasteiger partial charge in [-0.15, -0.1) is 11.3 Å². The Bertz CT molecular complexity index is 1230. The molecule has 1 aromatic carbocycles. The zero-order valence-electron chi connectivity index (χ0n) is 19.5. The summed E-state index contributed by atoms with van der Waals surface area (Å²) in [6.07, 6.45) is 6.64. The summed E-state index contributed by atoms with van der Waals surface area (Å²) in [5.74, 6) is 1.56. The highest BCUT2D eigenvalue weighted by Gasteiger charge is 2.21. The lowest BCUT2D eigenvalue weighted by atomic mass is 10.2. The number of amides is 1. The number of benzene rings is 1. The lowest BCUT2D eigenvalue weighted by Gasteiger charge is -2.22. The van der Waals surface area contributed by atoms with Crippen LogP contribution in [0.25, 0.3) is 10.6 Å². The van der Waals surface area contributed by atoms with E-state index in [1.54, 1.807) is 17.5 Å². The van der Waals surface area contributed by atoms with Crippen molar-refractivity contribution in [3.63, 3.8) is 0 Å². The van der Waals surface area contributed by atoms with Crippen LogP contribution in [0.2, 0.25) is 0 Å². The third kappa shape index (κ3) is 6.36.